The minimum absolute atomic E-state index is 0.0499. The fraction of sp³-hybridized carbons (Fsp3) is 0.308. The zero-order valence-corrected chi connectivity index (χ0v) is 18.7. The van der Waals surface area contributed by atoms with Crippen molar-refractivity contribution in [1.29, 1.82) is 0 Å². The molecule has 0 radical (unpaired) electrons. The highest BCUT2D eigenvalue weighted by Crippen LogP contribution is 2.35. The van der Waals surface area contributed by atoms with Gasteiger partial charge in [0.1, 0.15) is 0 Å². The molecule has 32 heavy (non-hydrogen) atoms. The molecule has 166 valence electrons. The Labute approximate surface area is 193 Å². The Hall–Kier alpha value is -2.89. The molecule has 1 fully saturated rings. The average Bonchev–Trinajstić information content (AvgIpc) is 2.82. The zero-order valence-electron chi connectivity index (χ0n) is 17.9. The third kappa shape index (κ3) is 5.29. The Bertz CT molecular complexity index is 1100. The van der Waals surface area contributed by atoms with Crippen LogP contribution < -0.4 is 10.6 Å². The number of nitrogens with one attached hydrogen (secondary N) is 2. The molecular weight excluding hydrogens is 424 g/mol. The SMILES string of the molecule is O=C(CNC(=O)Cc1cccc2ccccc12)NCC1(c2cccc(Cl)c2)CCOCC1. The van der Waals surface area contributed by atoms with Crippen LogP contribution in [-0.4, -0.2) is 38.1 Å². The van der Waals surface area contributed by atoms with Crippen molar-refractivity contribution >= 4 is 34.2 Å². The topological polar surface area (TPSA) is 67.4 Å². The minimum Gasteiger partial charge on any atom is -0.381 e. The van der Waals surface area contributed by atoms with Crippen molar-refractivity contribution in [2.75, 3.05) is 26.3 Å². The summed E-state index contributed by atoms with van der Waals surface area (Å²) in [6, 6.07) is 21.7. The van der Waals surface area contributed by atoms with Gasteiger partial charge in [0, 0.05) is 30.2 Å². The van der Waals surface area contributed by atoms with Crippen LogP contribution in [0, 0.1) is 0 Å². The second-order valence-electron chi connectivity index (χ2n) is 8.27. The molecule has 4 rings (SSSR count). The van der Waals surface area contributed by atoms with E-state index in [1.807, 2.05) is 60.7 Å². The van der Waals surface area contributed by atoms with E-state index in [-0.39, 0.29) is 30.2 Å². The molecule has 0 saturated carbocycles. The van der Waals surface area contributed by atoms with Crippen LogP contribution in [0.2, 0.25) is 5.02 Å². The molecule has 3 aromatic rings. The Balaban J connectivity index is 1.33. The summed E-state index contributed by atoms with van der Waals surface area (Å²) < 4.78 is 5.55. The molecule has 0 aliphatic carbocycles. The first-order valence-electron chi connectivity index (χ1n) is 10.9. The highest BCUT2D eigenvalue weighted by atomic mass is 35.5. The van der Waals surface area contributed by atoms with Crippen LogP contribution in [0.1, 0.15) is 24.0 Å². The van der Waals surface area contributed by atoms with Gasteiger partial charge >= 0.3 is 0 Å². The first-order chi connectivity index (χ1) is 15.6. The lowest BCUT2D eigenvalue weighted by molar-refractivity contribution is -0.126. The number of carbonyl (C=O) groups is 2. The second kappa shape index (κ2) is 10.2. The largest absolute Gasteiger partial charge is 0.381 e. The van der Waals surface area contributed by atoms with Crippen LogP contribution in [0.25, 0.3) is 10.8 Å². The molecule has 2 amide bonds. The fourth-order valence-corrected chi connectivity index (χ4v) is 4.53. The molecule has 5 nitrogen and oxygen atoms in total. The lowest BCUT2D eigenvalue weighted by atomic mass is 9.74. The average molecular weight is 451 g/mol. The molecule has 0 spiro atoms. The first-order valence-corrected chi connectivity index (χ1v) is 11.3. The quantitative estimate of drug-likeness (QED) is 0.571. The van der Waals surface area contributed by atoms with Crippen molar-refractivity contribution in [1.82, 2.24) is 10.6 Å². The summed E-state index contributed by atoms with van der Waals surface area (Å²) in [5, 5.41) is 8.59. The summed E-state index contributed by atoms with van der Waals surface area (Å²) in [4.78, 5) is 25.0. The van der Waals surface area contributed by atoms with Crippen LogP contribution >= 0.6 is 11.6 Å². The van der Waals surface area contributed by atoms with Crippen molar-refractivity contribution in [2.45, 2.75) is 24.7 Å². The lowest BCUT2D eigenvalue weighted by Crippen LogP contribution is -2.47. The van der Waals surface area contributed by atoms with Gasteiger partial charge < -0.3 is 15.4 Å². The van der Waals surface area contributed by atoms with Crippen LogP contribution in [-0.2, 0) is 26.2 Å². The molecule has 2 N–H and O–H groups in total. The van der Waals surface area contributed by atoms with E-state index in [0.29, 0.717) is 24.8 Å². The highest BCUT2D eigenvalue weighted by molar-refractivity contribution is 6.30. The van der Waals surface area contributed by atoms with E-state index in [2.05, 4.69) is 16.7 Å². The van der Waals surface area contributed by atoms with Gasteiger partial charge in [0.15, 0.2) is 0 Å². The van der Waals surface area contributed by atoms with E-state index >= 15 is 0 Å². The number of hydrogen-bond donors (Lipinski definition) is 2. The number of ether oxygens (including phenoxy) is 1. The van der Waals surface area contributed by atoms with Crippen LogP contribution in [0.15, 0.2) is 66.7 Å². The maximum atomic E-state index is 12.5. The van der Waals surface area contributed by atoms with Gasteiger partial charge in [0.2, 0.25) is 11.8 Å². The number of rotatable bonds is 7. The number of hydrogen-bond acceptors (Lipinski definition) is 3. The molecule has 0 bridgehead atoms. The van der Waals surface area contributed by atoms with E-state index < -0.39 is 0 Å². The number of benzene rings is 3. The van der Waals surface area contributed by atoms with Crippen molar-refractivity contribution in [3.63, 3.8) is 0 Å². The van der Waals surface area contributed by atoms with E-state index in [9.17, 15) is 9.59 Å². The van der Waals surface area contributed by atoms with Gasteiger partial charge in [-0.25, -0.2) is 0 Å². The van der Waals surface area contributed by atoms with Crippen LogP contribution in [0.4, 0.5) is 0 Å². The minimum atomic E-state index is -0.216. The summed E-state index contributed by atoms with van der Waals surface area (Å²) in [5.41, 5.74) is 1.84. The third-order valence-electron chi connectivity index (χ3n) is 6.19. The summed E-state index contributed by atoms with van der Waals surface area (Å²) >= 11 is 6.21. The summed E-state index contributed by atoms with van der Waals surface area (Å²) in [6.07, 6.45) is 1.85. The third-order valence-corrected chi connectivity index (χ3v) is 6.42. The smallest absolute Gasteiger partial charge is 0.239 e. The molecule has 1 heterocycles. The molecule has 1 aliphatic heterocycles. The van der Waals surface area contributed by atoms with Gasteiger partial charge in [-0.1, -0.05) is 66.2 Å². The Kier molecular flexibility index (Phi) is 7.08. The van der Waals surface area contributed by atoms with Gasteiger partial charge in [-0.3, -0.25) is 9.59 Å². The van der Waals surface area contributed by atoms with Crippen LogP contribution in [0.5, 0.6) is 0 Å². The van der Waals surface area contributed by atoms with E-state index in [0.717, 1.165) is 34.7 Å². The maximum Gasteiger partial charge on any atom is 0.239 e. The molecule has 1 aliphatic rings. The summed E-state index contributed by atoms with van der Waals surface area (Å²) in [6.45, 7) is 1.72. The Morgan fingerprint density at radius 2 is 1.66 bits per heavy atom. The molecule has 6 heteroatoms. The monoisotopic (exact) mass is 450 g/mol. The predicted molar refractivity (Wildman–Crippen MR) is 127 cm³/mol. The normalized spacial score (nSPS) is 15.3. The van der Waals surface area contributed by atoms with Gasteiger partial charge in [-0.2, -0.15) is 0 Å². The number of carbonyl (C=O) groups excluding carboxylic acids is 2. The maximum absolute atomic E-state index is 12.5. The molecular formula is C26H27ClN2O3. The fourth-order valence-electron chi connectivity index (χ4n) is 4.34. The van der Waals surface area contributed by atoms with Gasteiger partial charge in [0.25, 0.3) is 0 Å². The molecule has 0 atom stereocenters. The molecule has 0 aromatic heterocycles. The predicted octanol–water partition coefficient (Wildman–Crippen LogP) is 4.02. The van der Waals surface area contributed by atoms with Gasteiger partial charge in [0.05, 0.1) is 13.0 Å². The van der Waals surface area contributed by atoms with Gasteiger partial charge in [-0.15, -0.1) is 0 Å². The van der Waals surface area contributed by atoms with Crippen molar-refractivity contribution in [3.05, 3.63) is 82.9 Å². The lowest BCUT2D eigenvalue weighted by Gasteiger charge is -2.38. The van der Waals surface area contributed by atoms with Crippen LogP contribution in [0.3, 0.4) is 0 Å². The number of fused-ring (bicyclic) bond motifs is 1. The zero-order chi connectivity index (χ0) is 22.4. The van der Waals surface area contributed by atoms with E-state index in [4.69, 9.17) is 16.3 Å². The Morgan fingerprint density at radius 1 is 0.906 bits per heavy atom. The van der Waals surface area contributed by atoms with E-state index in [1.165, 1.54) is 0 Å². The summed E-state index contributed by atoms with van der Waals surface area (Å²) in [5.74, 6) is -0.378. The summed E-state index contributed by atoms with van der Waals surface area (Å²) in [7, 11) is 0. The van der Waals surface area contributed by atoms with E-state index in [1.54, 1.807) is 0 Å². The van der Waals surface area contributed by atoms with Crippen molar-refractivity contribution < 1.29 is 14.3 Å². The first kappa shape index (κ1) is 22.3. The van der Waals surface area contributed by atoms with Crippen molar-refractivity contribution in [2.24, 2.45) is 0 Å². The highest BCUT2D eigenvalue weighted by Gasteiger charge is 2.35. The van der Waals surface area contributed by atoms with Gasteiger partial charge in [-0.05, 0) is 46.9 Å². The number of halogens is 1. The standard InChI is InChI=1S/C26H27ClN2O3/c27-22-9-4-8-21(16-22)26(11-13-32-14-12-26)18-29-25(31)17-28-24(30)15-20-7-3-6-19-5-1-2-10-23(19)20/h1-10,16H,11-15,17-18H2,(H,28,30)(H,29,31). The van der Waals surface area contributed by atoms with Crippen molar-refractivity contribution in [3.8, 4) is 0 Å². The Morgan fingerprint density at radius 3 is 2.47 bits per heavy atom. The number of amides is 2. The molecule has 0 unspecified atom stereocenters. The molecule has 3 aromatic carbocycles. The molecule has 1 saturated heterocycles. The second-order valence-corrected chi connectivity index (χ2v) is 8.71.